The average molecular weight is 284 g/mol. The largest absolute Gasteiger partial charge is 0.373 e. The van der Waals surface area contributed by atoms with Gasteiger partial charge >= 0.3 is 0 Å². The summed E-state index contributed by atoms with van der Waals surface area (Å²) in [4.78, 5) is 12.0. The van der Waals surface area contributed by atoms with Crippen molar-refractivity contribution in [3.05, 3.63) is 59.9 Å². The fourth-order valence-electron chi connectivity index (χ4n) is 2.73. The Morgan fingerprint density at radius 1 is 1.24 bits per heavy atom. The number of fused-ring (bicyclic) bond motifs is 1. The van der Waals surface area contributed by atoms with Gasteiger partial charge in [0.25, 0.3) is 0 Å². The van der Waals surface area contributed by atoms with Crippen LogP contribution in [0, 0.1) is 0 Å². The molecule has 1 atom stereocenters. The summed E-state index contributed by atoms with van der Waals surface area (Å²) >= 11 is 0. The molecular formula is C17H20N2O2. The normalized spacial score (nSPS) is 17.2. The molecule has 21 heavy (non-hydrogen) atoms. The molecule has 2 heterocycles. The van der Waals surface area contributed by atoms with Gasteiger partial charge in [0.05, 0.1) is 19.1 Å². The van der Waals surface area contributed by atoms with Gasteiger partial charge in [0.2, 0.25) is 5.91 Å². The highest BCUT2D eigenvalue weighted by Gasteiger charge is 2.22. The van der Waals surface area contributed by atoms with Gasteiger partial charge in [0.15, 0.2) is 0 Å². The third-order valence-electron chi connectivity index (χ3n) is 3.82. The molecule has 0 spiro atoms. The van der Waals surface area contributed by atoms with E-state index < -0.39 is 0 Å². The number of nitrogens with zero attached hydrogens (tertiary/aromatic N) is 1. The molecule has 1 unspecified atom stereocenters. The maximum absolute atomic E-state index is 12.0. The van der Waals surface area contributed by atoms with Crippen LogP contribution in [-0.4, -0.2) is 23.6 Å². The number of aromatic nitrogens is 1. The first-order chi connectivity index (χ1) is 10.3. The fourth-order valence-corrected chi connectivity index (χ4v) is 2.73. The Kier molecular flexibility index (Phi) is 4.36. The van der Waals surface area contributed by atoms with Gasteiger partial charge in [-0.05, 0) is 29.7 Å². The van der Waals surface area contributed by atoms with Gasteiger partial charge in [-0.25, -0.2) is 0 Å². The topological polar surface area (TPSA) is 43.3 Å². The molecule has 0 radical (unpaired) electrons. The summed E-state index contributed by atoms with van der Waals surface area (Å²) in [7, 11) is 0. The van der Waals surface area contributed by atoms with E-state index in [-0.39, 0.29) is 12.0 Å². The summed E-state index contributed by atoms with van der Waals surface area (Å²) in [6, 6.07) is 12.2. The Morgan fingerprint density at radius 3 is 2.90 bits per heavy atom. The van der Waals surface area contributed by atoms with Gasteiger partial charge in [-0.2, -0.15) is 0 Å². The standard InChI is InChI=1S/C17H20N2O2/c20-17(18-8-11-19-9-3-4-10-19)13-16-15-6-2-1-5-14(15)7-12-21-16/h1-6,9-10,16H,7-8,11-13H2,(H,18,20). The maximum atomic E-state index is 12.0. The van der Waals surface area contributed by atoms with Gasteiger partial charge < -0.3 is 14.6 Å². The van der Waals surface area contributed by atoms with Crippen molar-refractivity contribution in [2.24, 2.45) is 0 Å². The highest BCUT2D eigenvalue weighted by molar-refractivity contribution is 5.76. The first-order valence-corrected chi connectivity index (χ1v) is 7.40. The van der Waals surface area contributed by atoms with Gasteiger partial charge in [-0.15, -0.1) is 0 Å². The van der Waals surface area contributed by atoms with E-state index in [1.54, 1.807) is 0 Å². The Labute approximate surface area is 124 Å². The average Bonchev–Trinajstić information content (AvgIpc) is 3.01. The highest BCUT2D eigenvalue weighted by atomic mass is 16.5. The number of hydrogen-bond donors (Lipinski definition) is 1. The van der Waals surface area contributed by atoms with Crippen LogP contribution in [0.1, 0.15) is 23.7 Å². The van der Waals surface area contributed by atoms with E-state index in [9.17, 15) is 4.79 Å². The lowest BCUT2D eigenvalue weighted by molar-refractivity contribution is -0.124. The molecular weight excluding hydrogens is 264 g/mol. The van der Waals surface area contributed by atoms with E-state index in [2.05, 4.69) is 17.4 Å². The van der Waals surface area contributed by atoms with Crippen molar-refractivity contribution in [1.82, 2.24) is 9.88 Å². The molecule has 1 N–H and O–H groups in total. The van der Waals surface area contributed by atoms with Gasteiger partial charge in [-0.3, -0.25) is 4.79 Å². The number of amides is 1. The van der Waals surface area contributed by atoms with Crippen LogP contribution in [0.25, 0.3) is 0 Å². The summed E-state index contributed by atoms with van der Waals surface area (Å²) in [5.74, 6) is 0.0452. The second-order valence-electron chi connectivity index (χ2n) is 5.28. The number of benzene rings is 1. The van der Waals surface area contributed by atoms with Crippen molar-refractivity contribution in [2.75, 3.05) is 13.2 Å². The van der Waals surface area contributed by atoms with Gasteiger partial charge in [0.1, 0.15) is 0 Å². The minimum atomic E-state index is -0.110. The van der Waals surface area contributed by atoms with Gasteiger partial charge in [-0.1, -0.05) is 24.3 Å². The summed E-state index contributed by atoms with van der Waals surface area (Å²) in [5.41, 5.74) is 2.46. The molecule has 4 heteroatoms. The molecule has 0 fully saturated rings. The molecule has 0 bridgehead atoms. The Hall–Kier alpha value is -2.07. The molecule has 0 saturated heterocycles. The molecule has 0 aliphatic carbocycles. The molecule has 0 saturated carbocycles. The Morgan fingerprint density at radius 2 is 2.05 bits per heavy atom. The Balaban J connectivity index is 1.51. The molecule has 1 aromatic heterocycles. The lowest BCUT2D eigenvalue weighted by Gasteiger charge is -2.25. The number of carbonyl (C=O) groups excluding carboxylic acids is 1. The number of nitrogens with one attached hydrogen (secondary N) is 1. The molecule has 2 aromatic rings. The van der Waals surface area contributed by atoms with E-state index in [0.717, 1.165) is 18.5 Å². The second-order valence-corrected chi connectivity index (χ2v) is 5.28. The van der Waals surface area contributed by atoms with Crippen molar-refractivity contribution in [3.8, 4) is 0 Å². The summed E-state index contributed by atoms with van der Waals surface area (Å²) in [5, 5.41) is 2.96. The molecule has 1 amide bonds. The highest BCUT2D eigenvalue weighted by Crippen LogP contribution is 2.29. The SMILES string of the molecule is O=C(CC1OCCc2ccccc21)NCCn1cccc1. The molecule has 4 nitrogen and oxygen atoms in total. The lowest BCUT2D eigenvalue weighted by atomic mass is 9.96. The minimum Gasteiger partial charge on any atom is -0.373 e. The minimum absolute atomic E-state index is 0.0452. The van der Waals surface area contributed by atoms with Crippen LogP contribution >= 0.6 is 0 Å². The zero-order valence-corrected chi connectivity index (χ0v) is 12.0. The molecule has 1 aromatic carbocycles. The van der Waals surface area contributed by atoms with Crippen molar-refractivity contribution < 1.29 is 9.53 Å². The second kappa shape index (κ2) is 6.59. The van der Waals surface area contributed by atoms with E-state index in [1.165, 1.54) is 5.56 Å². The van der Waals surface area contributed by atoms with Gasteiger partial charge in [0, 0.05) is 25.5 Å². The first kappa shape index (κ1) is 13.9. The van der Waals surface area contributed by atoms with E-state index in [1.807, 2.05) is 41.2 Å². The quantitative estimate of drug-likeness (QED) is 0.915. The number of carbonyl (C=O) groups is 1. The number of hydrogen-bond acceptors (Lipinski definition) is 2. The summed E-state index contributed by atoms with van der Waals surface area (Å²) in [6.07, 6.45) is 5.20. The van der Waals surface area contributed by atoms with Crippen molar-refractivity contribution in [2.45, 2.75) is 25.5 Å². The van der Waals surface area contributed by atoms with E-state index >= 15 is 0 Å². The Bertz CT molecular complexity index is 593. The van der Waals surface area contributed by atoms with Crippen molar-refractivity contribution in [3.63, 3.8) is 0 Å². The number of ether oxygens (including phenoxy) is 1. The monoisotopic (exact) mass is 284 g/mol. The maximum Gasteiger partial charge on any atom is 0.223 e. The molecule has 1 aliphatic heterocycles. The smallest absolute Gasteiger partial charge is 0.223 e. The number of rotatable bonds is 5. The first-order valence-electron chi connectivity index (χ1n) is 7.40. The summed E-state index contributed by atoms with van der Waals surface area (Å²) < 4.78 is 7.81. The molecule has 3 rings (SSSR count). The lowest BCUT2D eigenvalue weighted by Crippen LogP contribution is -2.30. The zero-order valence-electron chi connectivity index (χ0n) is 12.0. The molecule has 110 valence electrons. The van der Waals surface area contributed by atoms with Crippen LogP contribution in [-0.2, 0) is 22.5 Å². The van der Waals surface area contributed by atoms with E-state index in [0.29, 0.717) is 19.6 Å². The van der Waals surface area contributed by atoms with Crippen LogP contribution in [0.3, 0.4) is 0 Å². The summed E-state index contributed by atoms with van der Waals surface area (Å²) in [6.45, 7) is 2.13. The fraction of sp³-hybridized carbons (Fsp3) is 0.353. The van der Waals surface area contributed by atoms with Crippen LogP contribution in [0.15, 0.2) is 48.8 Å². The predicted molar refractivity (Wildman–Crippen MR) is 80.9 cm³/mol. The van der Waals surface area contributed by atoms with Crippen LogP contribution < -0.4 is 5.32 Å². The molecule has 1 aliphatic rings. The van der Waals surface area contributed by atoms with Crippen molar-refractivity contribution in [1.29, 1.82) is 0 Å². The third kappa shape index (κ3) is 3.52. The predicted octanol–water partition coefficient (Wildman–Crippen LogP) is 2.31. The zero-order chi connectivity index (χ0) is 14.5. The van der Waals surface area contributed by atoms with Crippen LogP contribution in [0.5, 0.6) is 0 Å². The van der Waals surface area contributed by atoms with Crippen molar-refractivity contribution >= 4 is 5.91 Å². The van der Waals surface area contributed by atoms with Crippen LogP contribution in [0.4, 0.5) is 0 Å². The third-order valence-corrected chi connectivity index (χ3v) is 3.82. The van der Waals surface area contributed by atoms with E-state index in [4.69, 9.17) is 4.74 Å². The van der Waals surface area contributed by atoms with Crippen LogP contribution in [0.2, 0.25) is 0 Å².